The summed E-state index contributed by atoms with van der Waals surface area (Å²) in [6, 6.07) is 7.97. The van der Waals surface area contributed by atoms with E-state index in [2.05, 4.69) is 17.9 Å². The smallest absolute Gasteiger partial charge is 0.489 e. The third kappa shape index (κ3) is 17.2. The second-order valence-corrected chi connectivity index (χ2v) is 10.2. The Labute approximate surface area is 258 Å². The molecule has 1 fully saturated rings. The normalized spacial score (nSPS) is 18.2. The molecule has 19 heteroatoms. The van der Waals surface area contributed by atoms with E-state index in [9.17, 15) is 41.0 Å². The number of ether oxygens (including phenoxy) is 1. The van der Waals surface area contributed by atoms with Crippen LogP contribution in [0.5, 0.6) is 5.75 Å². The van der Waals surface area contributed by atoms with Gasteiger partial charge in [0, 0.05) is 31.3 Å². The zero-order valence-corrected chi connectivity index (χ0v) is 24.8. The summed E-state index contributed by atoms with van der Waals surface area (Å²) >= 11 is 5.72. The Morgan fingerprint density at radius 1 is 1.09 bits per heavy atom. The number of carbonyl (C=O) groups is 4. The van der Waals surface area contributed by atoms with Crippen LogP contribution in [0.25, 0.3) is 0 Å². The summed E-state index contributed by atoms with van der Waals surface area (Å²) in [4.78, 5) is 44.3. The highest BCUT2D eigenvalue weighted by Gasteiger charge is 2.40. The molecule has 2 rings (SSSR count). The van der Waals surface area contributed by atoms with Gasteiger partial charge in [0.25, 0.3) is 0 Å². The molecule has 44 heavy (non-hydrogen) atoms. The summed E-state index contributed by atoms with van der Waals surface area (Å²) in [5.41, 5.74) is 5.87. The third-order valence-electron chi connectivity index (χ3n) is 5.36. The number of thiol groups is 1. The van der Waals surface area contributed by atoms with Gasteiger partial charge in [-0.3, -0.25) is 9.69 Å². The van der Waals surface area contributed by atoms with Crippen LogP contribution in [-0.4, -0.2) is 111 Å². The summed E-state index contributed by atoms with van der Waals surface area (Å²) in [5, 5.41) is 26.4. The Hall–Kier alpha value is -3.16. The molecule has 0 saturated carbocycles. The summed E-state index contributed by atoms with van der Waals surface area (Å²) in [6.07, 6.45) is -3.75. The second-order valence-electron chi connectivity index (χ2n) is 8.82. The highest BCUT2D eigenvalue weighted by molar-refractivity contribution is 7.98. The molecule has 1 aromatic carbocycles. The summed E-state index contributed by atoms with van der Waals surface area (Å²) < 4.78 is 69.5. The van der Waals surface area contributed by atoms with E-state index in [-0.39, 0.29) is 18.1 Å². The van der Waals surface area contributed by atoms with E-state index >= 15 is 0 Å². The number of amides is 1. The molecule has 1 aliphatic heterocycles. The van der Waals surface area contributed by atoms with E-state index in [0.717, 1.165) is 5.75 Å². The number of nitrogens with zero attached hydrogens (tertiary/aromatic N) is 1. The van der Waals surface area contributed by atoms with Crippen molar-refractivity contribution in [2.45, 2.75) is 49.4 Å². The van der Waals surface area contributed by atoms with E-state index < -0.39 is 42.3 Å². The number of nitrogens with two attached hydrogens (primary N) is 1. The molecule has 4 atom stereocenters. The average molecular weight is 682 g/mol. The molecule has 6 N–H and O–H groups in total. The molecule has 11 nitrogen and oxygen atoms in total. The molecule has 0 radical (unpaired) electrons. The Kier molecular flexibility index (Phi) is 18.5. The van der Waals surface area contributed by atoms with Crippen LogP contribution in [0.2, 0.25) is 0 Å². The van der Waals surface area contributed by atoms with Crippen LogP contribution in [0.15, 0.2) is 42.5 Å². The van der Waals surface area contributed by atoms with Gasteiger partial charge in [-0.1, -0.05) is 30.4 Å². The van der Waals surface area contributed by atoms with Crippen molar-refractivity contribution in [2.24, 2.45) is 5.73 Å². The summed E-state index contributed by atoms with van der Waals surface area (Å²) in [7, 11) is 0. The highest BCUT2D eigenvalue weighted by atomic mass is 32.2. The van der Waals surface area contributed by atoms with Gasteiger partial charge in [0.15, 0.2) is 0 Å². The first-order valence-corrected chi connectivity index (χ1v) is 14.5. The minimum absolute atomic E-state index is 0.150. The SMILES string of the molecule is CSCC[C@H](NC(=O)[C@@H]1C[C@@H](Oc2ccccc2)CN1C/C=C/[C@@H](N)CS)C(=O)O.O=C(O)C(F)(F)F.O=C(O)C(F)(F)F. The molecule has 0 unspecified atom stereocenters. The van der Waals surface area contributed by atoms with Crippen LogP contribution in [0.3, 0.4) is 0 Å². The van der Waals surface area contributed by atoms with Crippen LogP contribution >= 0.6 is 24.4 Å². The zero-order valence-electron chi connectivity index (χ0n) is 23.1. The van der Waals surface area contributed by atoms with Gasteiger partial charge >= 0.3 is 30.3 Å². The standard InChI is InChI=1S/C21H31N3O4S2.2C2HF3O2/c1-30-11-9-18(21(26)27)23-20(25)19-12-17(28-16-7-3-2-4-8-16)13-24(19)10-5-6-15(22)14-29;2*3-2(4,5)1(6)7/h2-8,15,17-19,29H,9-14,22H2,1H3,(H,23,25)(H,26,27);2*(H,6,7)/b6-5+;;/t15-,17-,18+,19+;;/m1../s1. The number of benzene rings is 1. The number of hydrogen-bond donors (Lipinski definition) is 6. The Bertz CT molecular complexity index is 1060. The third-order valence-corrected chi connectivity index (χ3v) is 6.42. The summed E-state index contributed by atoms with van der Waals surface area (Å²) in [6.45, 7) is 1.09. The van der Waals surface area contributed by atoms with Gasteiger partial charge in [-0.15, -0.1) is 0 Å². The van der Waals surface area contributed by atoms with Gasteiger partial charge in [-0.05, 0) is 30.6 Å². The van der Waals surface area contributed by atoms with Crippen LogP contribution in [0.1, 0.15) is 12.8 Å². The number of carboxylic acids is 3. The fourth-order valence-electron chi connectivity index (χ4n) is 3.31. The van der Waals surface area contributed by atoms with Gasteiger partial charge in [0.1, 0.15) is 17.9 Å². The number of nitrogens with one attached hydrogen (secondary N) is 1. The Morgan fingerprint density at radius 2 is 1.61 bits per heavy atom. The molecule has 1 amide bonds. The lowest BCUT2D eigenvalue weighted by Gasteiger charge is -2.24. The number of carbonyl (C=O) groups excluding carboxylic acids is 1. The molecule has 0 spiro atoms. The molecule has 250 valence electrons. The Morgan fingerprint density at radius 3 is 2.05 bits per heavy atom. The first-order valence-electron chi connectivity index (χ1n) is 12.4. The van der Waals surface area contributed by atoms with Crippen molar-refractivity contribution in [3.63, 3.8) is 0 Å². The van der Waals surface area contributed by atoms with Crippen LogP contribution in [-0.2, 0) is 19.2 Å². The average Bonchev–Trinajstić information content (AvgIpc) is 3.33. The fraction of sp³-hybridized carbons (Fsp3) is 0.520. The van der Waals surface area contributed by atoms with E-state index in [1.807, 2.05) is 53.6 Å². The molecule has 1 heterocycles. The van der Waals surface area contributed by atoms with Crippen molar-refractivity contribution in [3.8, 4) is 5.75 Å². The number of likely N-dealkylation sites (tertiary alicyclic amines) is 1. The van der Waals surface area contributed by atoms with Crippen molar-refractivity contribution < 1.29 is 65.6 Å². The topological polar surface area (TPSA) is 179 Å². The largest absolute Gasteiger partial charge is 0.490 e. The first kappa shape index (κ1) is 40.8. The fourth-order valence-corrected chi connectivity index (χ4v) is 3.90. The number of para-hydroxylation sites is 1. The molecule has 1 aromatic rings. The monoisotopic (exact) mass is 681 g/mol. The molecule has 0 aromatic heterocycles. The zero-order chi connectivity index (χ0) is 34.1. The van der Waals surface area contributed by atoms with Crippen molar-refractivity contribution in [1.82, 2.24) is 10.2 Å². The van der Waals surface area contributed by atoms with Crippen molar-refractivity contribution in [1.29, 1.82) is 0 Å². The van der Waals surface area contributed by atoms with Crippen LogP contribution < -0.4 is 15.8 Å². The minimum atomic E-state index is -5.08. The maximum Gasteiger partial charge on any atom is 0.490 e. The number of halogens is 6. The van der Waals surface area contributed by atoms with Gasteiger partial charge in [0.05, 0.1) is 6.04 Å². The van der Waals surface area contributed by atoms with Crippen molar-refractivity contribution >= 4 is 48.2 Å². The Balaban J connectivity index is 0.00000109. The predicted molar refractivity (Wildman–Crippen MR) is 152 cm³/mol. The first-order chi connectivity index (χ1) is 20.3. The highest BCUT2D eigenvalue weighted by Crippen LogP contribution is 2.23. The molecule has 1 saturated heterocycles. The van der Waals surface area contributed by atoms with Gasteiger partial charge < -0.3 is 31.1 Å². The number of aliphatic carboxylic acids is 3. The van der Waals surface area contributed by atoms with E-state index in [4.69, 9.17) is 30.3 Å². The molecule has 1 aliphatic rings. The van der Waals surface area contributed by atoms with E-state index in [1.165, 1.54) is 0 Å². The second kappa shape index (κ2) is 20.0. The number of hydrogen-bond acceptors (Lipinski definition) is 9. The predicted octanol–water partition coefficient (Wildman–Crippen LogP) is 2.91. The van der Waals surface area contributed by atoms with Gasteiger partial charge in [-0.2, -0.15) is 50.7 Å². The number of thioether (sulfide) groups is 1. The summed E-state index contributed by atoms with van der Waals surface area (Å²) in [5.74, 6) is -4.86. The lowest BCUT2D eigenvalue weighted by Crippen LogP contribution is -2.49. The van der Waals surface area contributed by atoms with Gasteiger partial charge in [0.2, 0.25) is 5.91 Å². The molecule has 0 aliphatic carbocycles. The lowest BCUT2D eigenvalue weighted by molar-refractivity contribution is -0.193. The maximum absolute atomic E-state index is 12.9. The number of carboxylic acid groups (broad SMARTS) is 3. The van der Waals surface area contributed by atoms with Crippen LogP contribution in [0.4, 0.5) is 26.3 Å². The molecule has 0 bridgehead atoms. The quantitative estimate of drug-likeness (QED) is 0.109. The van der Waals surface area contributed by atoms with Gasteiger partial charge in [-0.25, -0.2) is 14.4 Å². The van der Waals surface area contributed by atoms with Crippen molar-refractivity contribution in [3.05, 3.63) is 42.5 Å². The van der Waals surface area contributed by atoms with E-state index in [0.29, 0.717) is 37.4 Å². The van der Waals surface area contributed by atoms with E-state index in [1.54, 1.807) is 11.8 Å². The molecular weight excluding hydrogens is 648 g/mol. The molecular formula is C25H33F6N3O8S2. The number of rotatable bonds is 12. The minimum Gasteiger partial charge on any atom is -0.489 e. The number of alkyl halides is 6. The van der Waals surface area contributed by atoms with Crippen molar-refractivity contribution in [2.75, 3.05) is 30.9 Å². The lowest BCUT2D eigenvalue weighted by atomic mass is 10.1. The van der Waals surface area contributed by atoms with Crippen LogP contribution in [0, 0.1) is 0 Å². The maximum atomic E-state index is 12.9.